The van der Waals surface area contributed by atoms with Gasteiger partial charge < -0.3 is 4.18 Å². The molecule has 1 rings (SSSR count). The van der Waals surface area contributed by atoms with Gasteiger partial charge in [-0.05, 0) is 29.5 Å². The van der Waals surface area contributed by atoms with E-state index in [1.165, 1.54) is 19.3 Å². The summed E-state index contributed by atoms with van der Waals surface area (Å²) in [4.78, 5) is 0. The van der Waals surface area contributed by atoms with Gasteiger partial charge >= 0.3 is 10.1 Å². The molecule has 0 aliphatic rings. The Hall–Kier alpha value is -0.300. The second-order valence-electron chi connectivity index (χ2n) is 6.96. The van der Waals surface area contributed by atoms with Gasteiger partial charge in [-0.25, -0.2) is 0 Å². The highest BCUT2D eigenvalue weighted by Gasteiger charge is 2.24. The molecule has 132 valence electrons. The van der Waals surface area contributed by atoms with Gasteiger partial charge in [0.1, 0.15) is 9.01 Å². The SMILES string of the molecule is CCCCCCCC(I)S(=O)(=O)Oc1ccc(C(C)(C)C)cc1. The van der Waals surface area contributed by atoms with Crippen LogP contribution in [-0.4, -0.2) is 11.7 Å². The summed E-state index contributed by atoms with van der Waals surface area (Å²) in [6.45, 7) is 8.54. The fraction of sp³-hybridized carbons (Fsp3) is 0.667. The van der Waals surface area contributed by atoms with Crippen LogP contribution in [0.5, 0.6) is 5.75 Å². The van der Waals surface area contributed by atoms with Gasteiger partial charge in [-0.2, -0.15) is 8.42 Å². The number of rotatable bonds is 9. The van der Waals surface area contributed by atoms with E-state index in [1.54, 1.807) is 12.1 Å². The Morgan fingerprint density at radius 1 is 1.04 bits per heavy atom. The molecule has 1 aromatic carbocycles. The van der Waals surface area contributed by atoms with Crippen molar-refractivity contribution in [2.24, 2.45) is 0 Å². The minimum Gasteiger partial charge on any atom is -0.382 e. The topological polar surface area (TPSA) is 43.4 Å². The number of halogens is 1. The van der Waals surface area contributed by atoms with E-state index in [0.29, 0.717) is 12.2 Å². The minimum atomic E-state index is -3.57. The molecule has 0 aliphatic heterocycles. The van der Waals surface area contributed by atoms with Gasteiger partial charge in [-0.1, -0.05) is 94.5 Å². The maximum atomic E-state index is 12.3. The predicted octanol–water partition coefficient (Wildman–Crippen LogP) is 5.81. The molecular weight excluding hydrogens is 423 g/mol. The van der Waals surface area contributed by atoms with Crippen molar-refractivity contribution < 1.29 is 12.6 Å². The third-order valence-corrected chi connectivity index (χ3v) is 7.56. The van der Waals surface area contributed by atoms with Crippen LogP contribution in [0.3, 0.4) is 0 Å². The van der Waals surface area contributed by atoms with Crippen molar-refractivity contribution in [2.45, 2.75) is 74.9 Å². The Kier molecular flexibility index (Phi) is 8.35. The Morgan fingerprint density at radius 2 is 1.61 bits per heavy atom. The molecular formula is C18H29IO3S. The third-order valence-electron chi connectivity index (χ3n) is 3.78. The van der Waals surface area contributed by atoms with Crippen LogP contribution < -0.4 is 4.18 Å². The quantitative estimate of drug-likeness (QED) is 0.205. The van der Waals surface area contributed by atoms with Crippen molar-refractivity contribution in [1.82, 2.24) is 0 Å². The molecule has 0 bridgehead atoms. The van der Waals surface area contributed by atoms with Crippen LogP contribution in [0.4, 0.5) is 0 Å². The van der Waals surface area contributed by atoms with Crippen LogP contribution in [0.25, 0.3) is 0 Å². The Labute approximate surface area is 155 Å². The van der Waals surface area contributed by atoms with Gasteiger partial charge in [0, 0.05) is 0 Å². The number of alkyl halides is 1. The van der Waals surface area contributed by atoms with Crippen LogP contribution >= 0.6 is 22.6 Å². The molecule has 0 amide bonds. The largest absolute Gasteiger partial charge is 0.382 e. The van der Waals surface area contributed by atoms with E-state index in [4.69, 9.17) is 4.18 Å². The molecule has 0 saturated heterocycles. The lowest BCUT2D eigenvalue weighted by atomic mass is 9.87. The van der Waals surface area contributed by atoms with Crippen molar-refractivity contribution in [3.63, 3.8) is 0 Å². The van der Waals surface area contributed by atoms with E-state index >= 15 is 0 Å². The first-order valence-corrected chi connectivity index (χ1v) is 11.1. The number of hydrogen-bond donors (Lipinski definition) is 0. The second kappa shape index (κ2) is 9.25. The summed E-state index contributed by atoms with van der Waals surface area (Å²) >= 11 is 1.98. The lowest BCUT2D eigenvalue weighted by molar-refractivity contribution is 0.479. The van der Waals surface area contributed by atoms with Crippen LogP contribution in [0.15, 0.2) is 24.3 Å². The van der Waals surface area contributed by atoms with Gasteiger partial charge in [-0.3, -0.25) is 0 Å². The molecule has 0 aliphatic carbocycles. The maximum absolute atomic E-state index is 12.3. The lowest BCUT2D eigenvalue weighted by Gasteiger charge is -2.19. The molecule has 0 fully saturated rings. The fourth-order valence-electron chi connectivity index (χ4n) is 2.25. The van der Waals surface area contributed by atoms with Gasteiger partial charge in [0.25, 0.3) is 0 Å². The van der Waals surface area contributed by atoms with Crippen molar-refractivity contribution in [1.29, 1.82) is 0 Å². The molecule has 0 N–H and O–H groups in total. The number of unbranched alkanes of at least 4 members (excludes halogenated alkanes) is 4. The number of hydrogen-bond acceptors (Lipinski definition) is 3. The van der Waals surface area contributed by atoms with Gasteiger partial charge in [0.15, 0.2) is 0 Å². The molecule has 0 radical (unpaired) electrons. The molecule has 23 heavy (non-hydrogen) atoms. The van der Waals surface area contributed by atoms with E-state index < -0.39 is 13.4 Å². The minimum absolute atomic E-state index is 0.0433. The molecule has 3 nitrogen and oxygen atoms in total. The summed E-state index contributed by atoms with van der Waals surface area (Å²) in [6, 6.07) is 7.33. The first-order valence-electron chi connectivity index (χ1n) is 8.34. The maximum Gasteiger partial charge on any atom is 0.321 e. The first kappa shape index (κ1) is 20.7. The number of benzene rings is 1. The predicted molar refractivity (Wildman–Crippen MR) is 106 cm³/mol. The molecule has 1 aromatic rings. The summed E-state index contributed by atoms with van der Waals surface area (Å²) in [7, 11) is -3.57. The van der Waals surface area contributed by atoms with E-state index in [1.807, 2.05) is 34.7 Å². The van der Waals surface area contributed by atoms with Crippen LogP contribution in [0, 0.1) is 0 Å². The van der Waals surface area contributed by atoms with E-state index in [-0.39, 0.29) is 5.41 Å². The summed E-state index contributed by atoms with van der Waals surface area (Å²) < 4.78 is 29.3. The molecule has 0 heterocycles. The highest BCUT2D eigenvalue weighted by Crippen LogP contribution is 2.27. The van der Waals surface area contributed by atoms with E-state index in [9.17, 15) is 8.42 Å². The summed E-state index contributed by atoms with van der Waals surface area (Å²) in [5.74, 6) is 0.394. The van der Waals surface area contributed by atoms with Crippen molar-refractivity contribution >= 4 is 32.7 Å². The molecule has 1 atom stereocenters. The van der Waals surface area contributed by atoms with Crippen molar-refractivity contribution in [3.05, 3.63) is 29.8 Å². The molecule has 1 unspecified atom stereocenters. The monoisotopic (exact) mass is 452 g/mol. The van der Waals surface area contributed by atoms with Gasteiger partial charge in [-0.15, -0.1) is 0 Å². The standard InChI is InChI=1S/C18H29IO3S/c1-5-6-7-8-9-10-17(19)23(20,21)22-16-13-11-15(12-14-16)18(2,3)4/h11-14,17H,5-10H2,1-4H3. The van der Waals surface area contributed by atoms with Gasteiger partial charge in [0.2, 0.25) is 0 Å². The summed E-state index contributed by atoms with van der Waals surface area (Å²) in [5.41, 5.74) is 1.20. The Balaban J connectivity index is 2.57. The van der Waals surface area contributed by atoms with E-state index in [2.05, 4.69) is 27.7 Å². The highest BCUT2D eigenvalue weighted by molar-refractivity contribution is 14.1. The van der Waals surface area contributed by atoms with E-state index in [0.717, 1.165) is 18.4 Å². The van der Waals surface area contributed by atoms with Crippen molar-refractivity contribution in [2.75, 3.05) is 0 Å². The van der Waals surface area contributed by atoms with Crippen LogP contribution in [-0.2, 0) is 15.5 Å². The van der Waals surface area contributed by atoms with Crippen LogP contribution in [0.1, 0.15) is 71.8 Å². The summed E-state index contributed by atoms with van der Waals surface area (Å²) in [5, 5.41) is 0. The Morgan fingerprint density at radius 3 is 2.13 bits per heavy atom. The average molecular weight is 452 g/mol. The first-order chi connectivity index (χ1) is 10.7. The zero-order valence-electron chi connectivity index (χ0n) is 14.6. The fourth-order valence-corrected chi connectivity index (χ4v) is 3.94. The molecule has 5 heteroatoms. The normalized spacial score (nSPS) is 13.8. The molecule has 0 aromatic heterocycles. The third kappa shape index (κ3) is 7.42. The van der Waals surface area contributed by atoms with Crippen LogP contribution in [0.2, 0.25) is 0 Å². The van der Waals surface area contributed by atoms with Gasteiger partial charge in [0.05, 0.1) is 0 Å². The Bertz CT molecular complexity index is 559. The summed E-state index contributed by atoms with van der Waals surface area (Å²) in [6.07, 6.45) is 6.25. The lowest BCUT2D eigenvalue weighted by Crippen LogP contribution is -2.20. The highest BCUT2D eigenvalue weighted by atomic mass is 127. The molecule has 0 spiro atoms. The zero-order chi connectivity index (χ0) is 17.5. The van der Waals surface area contributed by atoms with Crippen molar-refractivity contribution in [3.8, 4) is 5.75 Å². The average Bonchev–Trinajstić information content (AvgIpc) is 2.46. The second-order valence-corrected chi connectivity index (χ2v) is 11.0. The zero-order valence-corrected chi connectivity index (χ0v) is 17.6. The smallest absolute Gasteiger partial charge is 0.321 e. The molecule has 0 saturated carbocycles.